The molecule has 0 spiro atoms. The first-order chi connectivity index (χ1) is 12.9. The van der Waals surface area contributed by atoms with E-state index in [0.717, 1.165) is 42.0 Å². The summed E-state index contributed by atoms with van der Waals surface area (Å²) in [4.78, 5) is 16.6. The maximum atomic E-state index is 12.5. The molecule has 7 nitrogen and oxygen atoms in total. The molecule has 3 N–H and O–H groups in total. The van der Waals surface area contributed by atoms with Crippen LogP contribution in [-0.4, -0.2) is 27.3 Å². The van der Waals surface area contributed by atoms with Crippen molar-refractivity contribution in [1.82, 2.24) is 14.1 Å². The van der Waals surface area contributed by atoms with Gasteiger partial charge in [-0.3, -0.25) is 4.79 Å². The summed E-state index contributed by atoms with van der Waals surface area (Å²) in [5, 5.41) is 4.02. The molecule has 0 unspecified atom stereocenters. The Kier molecular flexibility index (Phi) is 4.09. The number of anilines is 2. The molecule has 27 heavy (non-hydrogen) atoms. The van der Waals surface area contributed by atoms with Crippen molar-refractivity contribution in [1.29, 1.82) is 0 Å². The van der Waals surface area contributed by atoms with Crippen molar-refractivity contribution >= 4 is 22.3 Å². The highest BCUT2D eigenvalue weighted by Crippen LogP contribution is 2.44. The van der Waals surface area contributed by atoms with Gasteiger partial charge in [-0.2, -0.15) is 0 Å². The van der Waals surface area contributed by atoms with Crippen LogP contribution in [0.2, 0.25) is 0 Å². The van der Waals surface area contributed by atoms with Crippen molar-refractivity contribution in [2.75, 3.05) is 24.2 Å². The Morgan fingerprint density at radius 1 is 1.37 bits per heavy atom. The highest BCUT2D eigenvalue weighted by molar-refractivity contribution is 6.02. The first kappa shape index (κ1) is 17.5. The van der Waals surface area contributed by atoms with Gasteiger partial charge in [0.2, 0.25) is 0 Å². The zero-order chi connectivity index (χ0) is 19.2. The Balaban J connectivity index is 1.74. The number of hydrogen-bond donors (Lipinski definition) is 2. The quantitative estimate of drug-likeness (QED) is 0.535. The SMILES string of the molecule is Cc1c(NCCCn2ccnc2)c2c3c(c1N)c(=O)ccn3C(C)(C)CO2. The van der Waals surface area contributed by atoms with E-state index in [0.29, 0.717) is 17.7 Å². The van der Waals surface area contributed by atoms with Gasteiger partial charge in [-0.15, -0.1) is 0 Å². The molecule has 3 aromatic rings. The molecule has 142 valence electrons. The van der Waals surface area contributed by atoms with E-state index in [1.807, 2.05) is 30.2 Å². The zero-order valence-electron chi connectivity index (χ0n) is 16.0. The van der Waals surface area contributed by atoms with E-state index in [1.54, 1.807) is 12.3 Å². The van der Waals surface area contributed by atoms with Gasteiger partial charge in [0.25, 0.3) is 0 Å². The fraction of sp³-hybridized carbons (Fsp3) is 0.400. The Morgan fingerprint density at radius 3 is 2.93 bits per heavy atom. The molecule has 0 radical (unpaired) electrons. The third kappa shape index (κ3) is 2.83. The topological polar surface area (TPSA) is 87.1 Å². The van der Waals surface area contributed by atoms with Crippen molar-refractivity contribution in [2.24, 2.45) is 0 Å². The van der Waals surface area contributed by atoms with Gasteiger partial charge in [-0.05, 0) is 32.8 Å². The van der Waals surface area contributed by atoms with E-state index in [1.165, 1.54) is 0 Å². The van der Waals surface area contributed by atoms with Crippen molar-refractivity contribution in [2.45, 2.75) is 39.3 Å². The number of nitrogen functional groups attached to an aromatic ring is 1. The molecule has 0 fully saturated rings. The van der Waals surface area contributed by atoms with Crippen LogP contribution in [0.25, 0.3) is 10.9 Å². The van der Waals surface area contributed by atoms with E-state index in [2.05, 4.69) is 28.7 Å². The number of aromatic nitrogens is 3. The maximum absolute atomic E-state index is 12.5. The fourth-order valence-corrected chi connectivity index (χ4v) is 3.70. The Bertz CT molecular complexity index is 1050. The van der Waals surface area contributed by atoms with Gasteiger partial charge in [0.15, 0.2) is 11.2 Å². The average Bonchev–Trinajstić information content (AvgIpc) is 3.14. The van der Waals surface area contributed by atoms with E-state index in [4.69, 9.17) is 10.5 Å². The molecule has 0 aliphatic carbocycles. The van der Waals surface area contributed by atoms with Crippen LogP contribution in [0.3, 0.4) is 0 Å². The van der Waals surface area contributed by atoms with Crippen LogP contribution < -0.4 is 21.2 Å². The van der Waals surface area contributed by atoms with Crippen molar-refractivity contribution < 1.29 is 4.74 Å². The van der Waals surface area contributed by atoms with E-state index >= 15 is 0 Å². The predicted octanol–water partition coefficient (Wildman–Crippen LogP) is 2.72. The zero-order valence-corrected chi connectivity index (χ0v) is 16.0. The molecule has 1 aliphatic rings. The maximum Gasteiger partial charge on any atom is 0.191 e. The Labute approximate surface area is 157 Å². The molecule has 2 aromatic heterocycles. The van der Waals surface area contributed by atoms with E-state index in [9.17, 15) is 4.79 Å². The highest BCUT2D eigenvalue weighted by Gasteiger charge is 2.32. The molecule has 1 aromatic carbocycles. The van der Waals surface area contributed by atoms with Gasteiger partial charge < -0.3 is 24.9 Å². The van der Waals surface area contributed by atoms with Crippen LogP contribution in [0.1, 0.15) is 25.8 Å². The highest BCUT2D eigenvalue weighted by atomic mass is 16.5. The predicted molar refractivity (Wildman–Crippen MR) is 108 cm³/mol. The summed E-state index contributed by atoms with van der Waals surface area (Å²) in [5.41, 5.74) is 9.09. The molecule has 7 heteroatoms. The molecule has 0 amide bonds. The van der Waals surface area contributed by atoms with E-state index in [-0.39, 0.29) is 11.0 Å². The van der Waals surface area contributed by atoms with Gasteiger partial charge in [0.05, 0.1) is 34.1 Å². The summed E-state index contributed by atoms with van der Waals surface area (Å²) in [6.45, 7) is 8.29. The monoisotopic (exact) mass is 367 g/mol. The van der Waals surface area contributed by atoms with Gasteiger partial charge in [-0.1, -0.05) is 0 Å². The number of ether oxygens (including phenoxy) is 1. The fourth-order valence-electron chi connectivity index (χ4n) is 3.70. The Hall–Kier alpha value is -2.96. The number of benzene rings is 1. The number of aryl methyl sites for hydroxylation is 1. The summed E-state index contributed by atoms with van der Waals surface area (Å²) < 4.78 is 10.3. The molecular weight excluding hydrogens is 342 g/mol. The van der Waals surface area contributed by atoms with Gasteiger partial charge in [0.1, 0.15) is 6.61 Å². The minimum Gasteiger partial charge on any atom is -0.487 e. The van der Waals surface area contributed by atoms with Crippen molar-refractivity contribution in [3.05, 3.63) is 46.8 Å². The lowest BCUT2D eigenvalue weighted by Gasteiger charge is -2.36. The summed E-state index contributed by atoms with van der Waals surface area (Å²) in [5.74, 6) is 0.719. The lowest BCUT2D eigenvalue weighted by Crippen LogP contribution is -2.38. The average molecular weight is 367 g/mol. The van der Waals surface area contributed by atoms with Crippen LogP contribution in [0, 0.1) is 6.92 Å². The first-order valence-electron chi connectivity index (χ1n) is 9.20. The van der Waals surface area contributed by atoms with Crippen LogP contribution in [0.5, 0.6) is 5.75 Å². The lowest BCUT2D eigenvalue weighted by atomic mass is 9.98. The normalized spacial score (nSPS) is 14.9. The Morgan fingerprint density at radius 2 is 2.19 bits per heavy atom. The number of rotatable bonds is 5. The third-order valence-electron chi connectivity index (χ3n) is 5.27. The minimum absolute atomic E-state index is 0.0731. The second-order valence-corrected chi connectivity index (χ2v) is 7.70. The van der Waals surface area contributed by atoms with Crippen molar-refractivity contribution in [3.8, 4) is 5.75 Å². The van der Waals surface area contributed by atoms with Gasteiger partial charge in [0, 0.05) is 37.7 Å². The van der Waals surface area contributed by atoms with E-state index < -0.39 is 0 Å². The summed E-state index contributed by atoms with van der Waals surface area (Å²) in [7, 11) is 0. The molecule has 0 saturated heterocycles. The largest absolute Gasteiger partial charge is 0.487 e. The molecule has 1 aliphatic heterocycles. The first-order valence-corrected chi connectivity index (χ1v) is 9.20. The molecule has 0 saturated carbocycles. The summed E-state index contributed by atoms with van der Waals surface area (Å²) >= 11 is 0. The van der Waals surface area contributed by atoms with Crippen LogP contribution in [0.15, 0.2) is 35.8 Å². The number of nitrogens with one attached hydrogen (secondary N) is 1. The third-order valence-corrected chi connectivity index (χ3v) is 5.27. The van der Waals surface area contributed by atoms with Crippen LogP contribution >= 0.6 is 0 Å². The molecule has 0 atom stereocenters. The molecule has 3 heterocycles. The molecular formula is C20H25N5O2. The summed E-state index contributed by atoms with van der Waals surface area (Å²) in [6.07, 6.45) is 8.31. The minimum atomic E-state index is -0.251. The standard InChI is InChI=1S/C20H25N5O2/c1-13-16(21)15-14(26)5-9-25-18(15)19(27-11-20(25,2)3)17(13)23-6-4-8-24-10-7-22-12-24/h5,7,9-10,12,23H,4,6,8,11,21H2,1-3H3. The second kappa shape index (κ2) is 6.33. The van der Waals surface area contributed by atoms with Crippen molar-refractivity contribution in [3.63, 3.8) is 0 Å². The number of nitrogens with two attached hydrogens (primary N) is 1. The van der Waals surface area contributed by atoms with Crippen LogP contribution in [-0.2, 0) is 12.1 Å². The molecule has 4 rings (SSSR count). The lowest BCUT2D eigenvalue weighted by molar-refractivity contribution is 0.172. The van der Waals surface area contributed by atoms with Crippen LogP contribution in [0.4, 0.5) is 11.4 Å². The molecule has 0 bridgehead atoms. The van der Waals surface area contributed by atoms with Gasteiger partial charge >= 0.3 is 0 Å². The smallest absolute Gasteiger partial charge is 0.191 e. The number of pyridine rings is 1. The summed E-state index contributed by atoms with van der Waals surface area (Å²) in [6, 6.07) is 1.59. The number of hydrogen-bond acceptors (Lipinski definition) is 5. The number of nitrogens with zero attached hydrogens (tertiary/aromatic N) is 3. The second-order valence-electron chi connectivity index (χ2n) is 7.70. The van der Waals surface area contributed by atoms with Gasteiger partial charge in [-0.25, -0.2) is 4.98 Å². The number of imidazole rings is 1.